The first-order chi connectivity index (χ1) is 8.04. The van der Waals surface area contributed by atoms with Crippen LogP contribution in [0.25, 0.3) is 0 Å². The zero-order valence-electron chi connectivity index (χ0n) is 9.60. The molecule has 1 atom stereocenters. The van der Waals surface area contributed by atoms with Crippen molar-refractivity contribution in [3.63, 3.8) is 0 Å². The fraction of sp³-hybridized carbons (Fsp3) is 0.385. The van der Waals surface area contributed by atoms with Crippen molar-refractivity contribution in [1.82, 2.24) is 0 Å². The lowest BCUT2D eigenvalue weighted by atomic mass is 9.77. The minimum absolute atomic E-state index is 0.159. The molecular formula is C13H14O4. The van der Waals surface area contributed by atoms with Crippen LogP contribution in [0.2, 0.25) is 0 Å². The number of phenolic OH excluding ortho intramolecular Hbond substituents is 1. The summed E-state index contributed by atoms with van der Waals surface area (Å²) in [6, 6.07) is 6.52. The minimum atomic E-state index is -1.03. The second kappa shape index (κ2) is 4.20. The van der Waals surface area contributed by atoms with E-state index in [1.54, 1.807) is 24.3 Å². The quantitative estimate of drug-likeness (QED) is 0.635. The Labute approximate surface area is 99.2 Å². The van der Waals surface area contributed by atoms with E-state index in [-0.39, 0.29) is 11.5 Å². The number of aromatic hydroxyl groups is 1. The summed E-state index contributed by atoms with van der Waals surface area (Å²) in [5.41, 5.74) is -0.186. The lowest BCUT2D eigenvalue weighted by molar-refractivity contribution is -0.150. The second-order valence-corrected chi connectivity index (χ2v) is 4.37. The molecule has 1 N–H and O–H groups in total. The molecule has 1 saturated heterocycles. The van der Waals surface area contributed by atoms with Gasteiger partial charge in [-0.15, -0.1) is 0 Å². The molecule has 2 rings (SSSR count). The number of cyclic esters (lactones) is 1. The van der Waals surface area contributed by atoms with Crippen molar-refractivity contribution in [2.45, 2.75) is 19.8 Å². The zero-order chi connectivity index (χ0) is 12.5. The number of ether oxygens (including phenoxy) is 1. The Hall–Kier alpha value is -1.84. The minimum Gasteiger partial charge on any atom is -0.508 e. The first-order valence-electron chi connectivity index (χ1n) is 5.51. The topological polar surface area (TPSA) is 63.6 Å². The predicted octanol–water partition coefficient (Wildman–Crippen LogP) is 1.46. The molecule has 0 bridgehead atoms. The highest BCUT2D eigenvalue weighted by atomic mass is 16.5. The summed E-state index contributed by atoms with van der Waals surface area (Å²) in [6.45, 7) is 1.73. The molecule has 1 aromatic carbocycles. The highest BCUT2D eigenvalue weighted by molar-refractivity contribution is 6.04. The average molecular weight is 234 g/mol. The van der Waals surface area contributed by atoms with Gasteiger partial charge < -0.3 is 9.84 Å². The van der Waals surface area contributed by atoms with E-state index in [9.17, 15) is 14.7 Å². The van der Waals surface area contributed by atoms with Gasteiger partial charge in [0.2, 0.25) is 0 Å². The fourth-order valence-electron chi connectivity index (χ4n) is 2.13. The van der Waals surface area contributed by atoms with Crippen LogP contribution in [0.4, 0.5) is 0 Å². The lowest BCUT2D eigenvalue weighted by Gasteiger charge is -2.21. The van der Waals surface area contributed by atoms with Crippen molar-refractivity contribution in [1.29, 1.82) is 0 Å². The van der Waals surface area contributed by atoms with Crippen molar-refractivity contribution in [3.05, 3.63) is 29.8 Å². The molecule has 17 heavy (non-hydrogen) atoms. The monoisotopic (exact) mass is 234 g/mol. The van der Waals surface area contributed by atoms with Crippen LogP contribution < -0.4 is 0 Å². The number of esters is 1. The Morgan fingerprint density at radius 3 is 2.53 bits per heavy atom. The third-order valence-corrected chi connectivity index (χ3v) is 3.27. The third-order valence-electron chi connectivity index (χ3n) is 3.27. The molecule has 4 heteroatoms. The van der Waals surface area contributed by atoms with E-state index in [0.29, 0.717) is 19.4 Å². The van der Waals surface area contributed by atoms with Crippen LogP contribution in [-0.4, -0.2) is 23.5 Å². The number of hydrogen-bond acceptors (Lipinski definition) is 4. The highest BCUT2D eigenvalue weighted by Crippen LogP contribution is 2.35. The number of benzene rings is 1. The van der Waals surface area contributed by atoms with E-state index >= 15 is 0 Å². The van der Waals surface area contributed by atoms with Crippen LogP contribution in [0.15, 0.2) is 24.3 Å². The number of carbonyl (C=O) groups excluding carboxylic acids is 2. The summed E-state index contributed by atoms with van der Waals surface area (Å²) >= 11 is 0. The highest BCUT2D eigenvalue weighted by Gasteiger charge is 2.48. The molecule has 1 unspecified atom stereocenters. The number of Topliss-reactive ketones (excluding diaryl/α,β-unsaturated/α-hetero) is 1. The van der Waals surface area contributed by atoms with Gasteiger partial charge in [0.1, 0.15) is 16.9 Å². The molecule has 4 nitrogen and oxygen atoms in total. The molecule has 0 saturated carbocycles. The van der Waals surface area contributed by atoms with Crippen LogP contribution >= 0.6 is 0 Å². The normalized spacial score (nSPS) is 23.5. The zero-order valence-corrected chi connectivity index (χ0v) is 9.60. The van der Waals surface area contributed by atoms with Crippen molar-refractivity contribution in [2.75, 3.05) is 6.61 Å². The van der Waals surface area contributed by atoms with Gasteiger partial charge in [-0.3, -0.25) is 9.59 Å². The Morgan fingerprint density at radius 2 is 2.06 bits per heavy atom. The van der Waals surface area contributed by atoms with Crippen molar-refractivity contribution in [2.24, 2.45) is 5.41 Å². The first kappa shape index (κ1) is 11.6. The third kappa shape index (κ3) is 2.02. The standard InChI is InChI=1S/C13H14O4/c1-9(14)13(6-7-17-12(13)16)8-10-2-4-11(15)5-3-10/h2-5,15H,6-8H2,1H3. The largest absolute Gasteiger partial charge is 0.508 e. The molecule has 90 valence electrons. The van der Waals surface area contributed by atoms with E-state index in [1.807, 2.05) is 0 Å². The smallest absolute Gasteiger partial charge is 0.320 e. The Bertz CT molecular complexity index is 449. The van der Waals surface area contributed by atoms with Gasteiger partial charge in [-0.05, 0) is 31.0 Å². The van der Waals surface area contributed by atoms with E-state index in [1.165, 1.54) is 6.92 Å². The second-order valence-electron chi connectivity index (χ2n) is 4.37. The van der Waals surface area contributed by atoms with Gasteiger partial charge in [0, 0.05) is 6.42 Å². The van der Waals surface area contributed by atoms with Gasteiger partial charge in [-0.25, -0.2) is 0 Å². The van der Waals surface area contributed by atoms with Crippen LogP contribution in [0, 0.1) is 5.41 Å². The molecule has 0 spiro atoms. The summed E-state index contributed by atoms with van der Waals surface area (Å²) in [6.07, 6.45) is 0.767. The Morgan fingerprint density at radius 1 is 1.41 bits per heavy atom. The van der Waals surface area contributed by atoms with Crippen LogP contribution in [0.5, 0.6) is 5.75 Å². The van der Waals surface area contributed by atoms with E-state index in [2.05, 4.69) is 0 Å². The maximum absolute atomic E-state index is 11.7. The van der Waals surface area contributed by atoms with E-state index in [0.717, 1.165) is 5.56 Å². The number of carbonyl (C=O) groups is 2. The van der Waals surface area contributed by atoms with Gasteiger partial charge in [0.25, 0.3) is 0 Å². The summed E-state index contributed by atoms with van der Waals surface area (Å²) < 4.78 is 4.92. The molecule has 1 fully saturated rings. The van der Waals surface area contributed by atoms with Crippen LogP contribution in [0.3, 0.4) is 0 Å². The molecule has 1 aromatic rings. The summed E-state index contributed by atoms with van der Waals surface area (Å²) in [7, 11) is 0. The van der Waals surface area contributed by atoms with Crippen molar-refractivity contribution < 1.29 is 19.4 Å². The lowest BCUT2D eigenvalue weighted by Crippen LogP contribution is -2.36. The van der Waals surface area contributed by atoms with E-state index < -0.39 is 11.4 Å². The molecule has 0 aliphatic carbocycles. The van der Waals surface area contributed by atoms with Gasteiger partial charge in [-0.1, -0.05) is 12.1 Å². The number of phenols is 1. The molecule has 1 aliphatic rings. The predicted molar refractivity (Wildman–Crippen MR) is 60.5 cm³/mol. The van der Waals surface area contributed by atoms with Crippen molar-refractivity contribution in [3.8, 4) is 5.75 Å². The van der Waals surface area contributed by atoms with Crippen molar-refractivity contribution >= 4 is 11.8 Å². The van der Waals surface area contributed by atoms with Gasteiger partial charge >= 0.3 is 5.97 Å². The average Bonchev–Trinajstić information content (AvgIpc) is 2.65. The summed E-state index contributed by atoms with van der Waals surface area (Å²) in [5, 5.41) is 9.18. The van der Waals surface area contributed by atoms with Gasteiger partial charge in [0.15, 0.2) is 0 Å². The molecule has 0 amide bonds. The Balaban J connectivity index is 2.28. The first-order valence-corrected chi connectivity index (χ1v) is 5.51. The molecular weight excluding hydrogens is 220 g/mol. The maximum Gasteiger partial charge on any atom is 0.320 e. The SMILES string of the molecule is CC(=O)C1(Cc2ccc(O)cc2)CCOC1=O. The molecule has 1 aliphatic heterocycles. The summed E-state index contributed by atoms with van der Waals surface area (Å²) in [5.74, 6) is -0.425. The molecule has 1 heterocycles. The van der Waals surface area contributed by atoms with E-state index in [4.69, 9.17) is 4.74 Å². The summed E-state index contributed by atoms with van der Waals surface area (Å²) in [4.78, 5) is 23.4. The maximum atomic E-state index is 11.7. The molecule has 0 radical (unpaired) electrons. The van der Waals surface area contributed by atoms with Crippen LogP contribution in [-0.2, 0) is 20.7 Å². The Kier molecular flexibility index (Phi) is 2.88. The van der Waals surface area contributed by atoms with Gasteiger partial charge in [0.05, 0.1) is 6.61 Å². The number of rotatable bonds is 3. The fourth-order valence-corrected chi connectivity index (χ4v) is 2.13. The number of hydrogen-bond donors (Lipinski definition) is 1. The van der Waals surface area contributed by atoms with Crippen LogP contribution in [0.1, 0.15) is 18.9 Å². The molecule has 0 aromatic heterocycles. The number of ketones is 1. The van der Waals surface area contributed by atoms with Gasteiger partial charge in [-0.2, -0.15) is 0 Å².